The molecule has 0 bridgehead atoms. The molecule has 0 spiro atoms. The number of nitrogens with two attached hydrogens (primary N) is 2. The lowest BCUT2D eigenvalue weighted by Gasteiger charge is -2.25. The van der Waals surface area contributed by atoms with Crippen LogP contribution in [0.5, 0.6) is 0 Å². The average Bonchev–Trinajstić information content (AvgIpc) is 3.26. The normalized spacial score (nSPS) is 21.9. The first kappa shape index (κ1) is 16.4. The fraction of sp³-hybridized carbons (Fsp3) is 0.526. The second kappa shape index (κ2) is 5.73. The van der Waals surface area contributed by atoms with Crippen LogP contribution < -0.4 is 21.9 Å². The number of nitrogens with zero attached hydrogens (tertiary/aromatic N) is 2. The van der Waals surface area contributed by atoms with Crippen molar-refractivity contribution in [1.29, 1.82) is 0 Å². The highest BCUT2D eigenvalue weighted by Gasteiger charge is 2.31. The Morgan fingerprint density at radius 1 is 1.28 bits per heavy atom. The molecule has 0 unspecified atom stereocenters. The summed E-state index contributed by atoms with van der Waals surface area (Å²) in [4.78, 5) is 14.7. The highest BCUT2D eigenvalue weighted by atomic mass is 19.1. The van der Waals surface area contributed by atoms with E-state index in [1.54, 1.807) is 10.6 Å². The largest absolute Gasteiger partial charge is 0.394 e. The molecule has 1 aromatic carbocycles. The lowest BCUT2D eigenvalue weighted by Crippen LogP contribution is -2.30. The number of benzene rings is 1. The van der Waals surface area contributed by atoms with Gasteiger partial charge in [-0.15, -0.1) is 0 Å². The van der Waals surface area contributed by atoms with E-state index in [4.69, 9.17) is 11.5 Å². The van der Waals surface area contributed by atoms with E-state index in [-0.39, 0.29) is 29.1 Å². The van der Waals surface area contributed by atoms with Gasteiger partial charge >= 0.3 is 0 Å². The van der Waals surface area contributed by atoms with Crippen molar-refractivity contribution in [3.05, 3.63) is 33.9 Å². The van der Waals surface area contributed by atoms with Gasteiger partial charge < -0.3 is 20.9 Å². The third-order valence-corrected chi connectivity index (χ3v) is 5.71. The van der Waals surface area contributed by atoms with Crippen LogP contribution in [0.1, 0.15) is 37.8 Å². The van der Waals surface area contributed by atoms with Crippen molar-refractivity contribution < 1.29 is 4.39 Å². The zero-order valence-electron chi connectivity index (χ0n) is 14.8. The quantitative estimate of drug-likeness (QED) is 0.897. The van der Waals surface area contributed by atoms with Gasteiger partial charge in [-0.3, -0.25) is 4.79 Å². The van der Waals surface area contributed by atoms with Crippen LogP contribution >= 0.6 is 0 Å². The van der Waals surface area contributed by atoms with E-state index < -0.39 is 0 Å². The maximum atomic E-state index is 14.9. The first-order chi connectivity index (χ1) is 11.9. The highest BCUT2D eigenvalue weighted by molar-refractivity contribution is 5.89. The number of hydrogen-bond donors (Lipinski definition) is 2. The maximum absolute atomic E-state index is 14.9. The van der Waals surface area contributed by atoms with E-state index in [1.807, 2.05) is 13.8 Å². The number of fused-ring (bicyclic) bond motifs is 1. The van der Waals surface area contributed by atoms with Crippen LogP contribution in [0.15, 0.2) is 16.9 Å². The minimum absolute atomic E-state index is 0.0956. The fourth-order valence-corrected chi connectivity index (χ4v) is 4.17. The molecule has 134 valence electrons. The molecule has 1 saturated heterocycles. The zero-order valence-corrected chi connectivity index (χ0v) is 14.8. The van der Waals surface area contributed by atoms with Gasteiger partial charge in [0.1, 0.15) is 5.82 Å². The summed E-state index contributed by atoms with van der Waals surface area (Å²) in [6.45, 7) is 5.46. The van der Waals surface area contributed by atoms with Crippen LogP contribution in [-0.2, 0) is 0 Å². The van der Waals surface area contributed by atoms with Gasteiger partial charge in [-0.05, 0) is 56.7 Å². The molecule has 1 aliphatic heterocycles. The van der Waals surface area contributed by atoms with E-state index in [0.717, 1.165) is 43.4 Å². The van der Waals surface area contributed by atoms with Crippen LogP contribution in [0.4, 0.5) is 15.8 Å². The molecule has 2 fully saturated rings. The summed E-state index contributed by atoms with van der Waals surface area (Å²) in [5.74, 6) is 0.113. The molecular formula is C19H25FN4O. The molecule has 1 aromatic heterocycles. The summed E-state index contributed by atoms with van der Waals surface area (Å²) in [7, 11) is 0. The first-order valence-corrected chi connectivity index (χ1v) is 9.02. The van der Waals surface area contributed by atoms with Gasteiger partial charge in [0.15, 0.2) is 0 Å². The van der Waals surface area contributed by atoms with Crippen molar-refractivity contribution >= 4 is 22.3 Å². The summed E-state index contributed by atoms with van der Waals surface area (Å²) in [6.07, 6.45) is 2.91. The van der Waals surface area contributed by atoms with Gasteiger partial charge in [0.05, 0.1) is 16.9 Å². The van der Waals surface area contributed by atoms with E-state index in [2.05, 4.69) is 4.90 Å². The Morgan fingerprint density at radius 2 is 2.00 bits per heavy atom. The number of anilines is 2. The molecule has 2 atom stereocenters. The molecule has 2 aromatic rings. The SMILES string of the molecule is Cc1c(N2CC[C@@H]([C@H](C)N)C2)c(F)cc2cc(N)c(=O)n(C3CC3)c12. The molecule has 6 heteroatoms. The molecule has 0 radical (unpaired) electrons. The Morgan fingerprint density at radius 3 is 2.60 bits per heavy atom. The summed E-state index contributed by atoms with van der Waals surface area (Å²) in [5, 5.41) is 0.700. The van der Waals surface area contributed by atoms with E-state index in [1.165, 1.54) is 6.07 Å². The summed E-state index contributed by atoms with van der Waals surface area (Å²) in [6, 6.07) is 3.40. The number of rotatable bonds is 3. The molecule has 1 aliphatic carbocycles. The molecule has 25 heavy (non-hydrogen) atoms. The monoisotopic (exact) mass is 344 g/mol. The molecule has 4 N–H and O–H groups in total. The molecule has 2 heterocycles. The van der Waals surface area contributed by atoms with Crippen LogP contribution in [0, 0.1) is 18.7 Å². The Balaban J connectivity index is 1.91. The number of hydrogen-bond acceptors (Lipinski definition) is 4. The van der Waals surface area contributed by atoms with Crippen LogP contribution in [0.3, 0.4) is 0 Å². The zero-order chi connectivity index (χ0) is 17.9. The van der Waals surface area contributed by atoms with E-state index >= 15 is 0 Å². The van der Waals surface area contributed by atoms with Crippen LogP contribution in [0.25, 0.3) is 10.9 Å². The van der Waals surface area contributed by atoms with Gasteiger partial charge in [-0.25, -0.2) is 4.39 Å². The van der Waals surface area contributed by atoms with Gasteiger partial charge in [-0.2, -0.15) is 0 Å². The van der Waals surface area contributed by atoms with E-state index in [0.29, 0.717) is 17.0 Å². The van der Waals surface area contributed by atoms with Gasteiger partial charge in [0.2, 0.25) is 0 Å². The maximum Gasteiger partial charge on any atom is 0.274 e. The molecule has 5 nitrogen and oxygen atoms in total. The van der Waals surface area contributed by atoms with Crippen molar-refractivity contribution in [2.75, 3.05) is 23.7 Å². The summed E-state index contributed by atoms with van der Waals surface area (Å²) in [5.41, 5.74) is 14.2. The minimum Gasteiger partial charge on any atom is -0.394 e. The first-order valence-electron chi connectivity index (χ1n) is 9.02. The fourth-order valence-electron chi connectivity index (χ4n) is 4.17. The average molecular weight is 344 g/mol. The van der Waals surface area contributed by atoms with Crippen molar-refractivity contribution in [2.45, 2.75) is 45.2 Å². The van der Waals surface area contributed by atoms with Crippen LogP contribution in [-0.4, -0.2) is 23.7 Å². The second-order valence-electron chi connectivity index (χ2n) is 7.63. The van der Waals surface area contributed by atoms with Gasteiger partial charge in [0.25, 0.3) is 5.56 Å². The molecule has 1 saturated carbocycles. The van der Waals surface area contributed by atoms with Crippen molar-refractivity contribution in [2.24, 2.45) is 11.7 Å². The summed E-state index contributed by atoms with van der Waals surface area (Å²) < 4.78 is 16.7. The Bertz CT molecular complexity index is 901. The lowest BCUT2D eigenvalue weighted by molar-refractivity contribution is 0.487. The molecular weight excluding hydrogens is 319 g/mol. The Labute approximate surface area is 146 Å². The molecule has 2 aliphatic rings. The third kappa shape index (κ3) is 2.59. The van der Waals surface area contributed by atoms with Crippen molar-refractivity contribution in [1.82, 2.24) is 4.57 Å². The lowest BCUT2D eigenvalue weighted by atomic mass is 10.0. The predicted octanol–water partition coefficient (Wildman–Crippen LogP) is 2.54. The third-order valence-electron chi connectivity index (χ3n) is 5.71. The molecule has 4 rings (SSSR count). The van der Waals surface area contributed by atoms with E-state index in [9.17, 15) is 9.18 Å². The Kier molecular flexibility index (Phi) is 3.76. The smallest absolute Gasteiger partial charge is 0.274 e. The van der Waals surface area contributed by atoms with Gasteiger partial charge in [0, 0.05) is 30.6 Å². The highest BCUT2D eigenvalue weighted by Crippen LogP contribution is 2.40. The number of aryl methyl sites for hydroxylation is 1. The van der Waals surface area contributed by atoms with Crippen molar-refractivity contribution in [3.8, 4) is 0 Å². The Hall–Kier alpha value is -2.08. The predicted molar refractivity (Wildman–Crippen MR) is 99.6 cm³/mol. The van der Waals surface area contributed by atoms with Crippen LogP contribution in [0.2, 0.25) is 0 Å². The number of aromatic nitrogens is 1. The topological polar surface area (TPSA) is 77.3 Å². The van der Waals surface area contributed by atoms with Crippen molar-refractivity contribution in [3.63, 3.8) is 0 Å². The second-order valence-corrected chi connectivity index (χ2v) is 7.63. The van der Waals surface area contributed by atoms with Gasteiger partial charge in [-0.1, -0.05) is 0 Å². The number of halogens is 1. The summed E-state index contributed by atoms with van der Waals surface area (Å²) >= 11 is 0. The standard InChI is InChI=1S/C19H25FN4O/c1-10-17-13(8-16(22)19(25)24(17)14-3-4-14)7-15(20)18(10)23-6-5-12(9-23)11(2)21/h7-8,11-12,14H,3-6,9,21-22H2,1-2H3/t11-,12+/m0/s1. The number of pyridine rings is 1. The minimum atomic E-state index is -0.254. The number of nitrogen functional groups attached to an aromatic ring is 1. The molecule has 0 amide bonds.